The first-order valence-corrected chi connectivity index (χ1v) is 7.44. The van der Waals surface area contributed by atoms with Crippen molar-refractivity contribution in [2.24, 2.45) is 0 Å². The fourth-order valence-corrected chi connectivity index (χ4v) is 3.23. The number of piperidine rings is 1. The number of nitrogens with one attached hydrogen (secondary N) is 1. The molecule has 1 aliphatic rings. The second-order valence-electron chi connectivity index (χ2n) is 6.38. The molecule has 19 heavy (non-hydrogen) atoms. The first-order valence-electron chi connectivity index (χ1n) is 7.44. The first kappa shape index (κ1) is 14.5. The van der Waals surface area contributed by atoms with E-state index in [1.807, 2.05) is 6.92 Å². The molecule has 1 aromatic carbocycles. The number of benzene rings is 1. The molecule has 1 aromatic rings. The monoisotopic (exact) mass is 261 g/mol. The van der Waals surface area contributed by atoms with Gasteiger partial charge in [-0.15, -0.1) is 0 Å². The minimum Gasteiger partial charge on any atom is -0.385 e. The van der Waals surface area contributed by atoms with Crippen LogP contribution in [0.3, 0.4) is 0 Å². The summed E-state index contributed by atoms with van der Waals surface area (Å²) < 4.78 is 0. The molecule has 0 aliphatic carbocycles. The van der Waals surface area contributed by atoms with Gasteiger partial charge in [0.15, 0.2) is 0 Å². The number of hydrogen-bond donors (Lipinski definition) is 2. The summed E-state index contributed by atoms with van der Waals surface area (Å²) >= 11 is 0. The third kappa shape index (κ3) is 3.37. The first-order chi connectivity index (χ1) is 8.90. The zero-order valence-electron chi connectivity index (χ0n) is 12.7. The average Bonchev–Trinajstić information content (AvgIpc) is 2.34. The molecular weight excluding hydrogens is 234 g/mol. The Kier molecular flexibility index (Phi) is 4.32. The molecule has 0 saturated carbocycles. The molecule has 1 saturated heterocycles. The van der Waals surface area contributed by atoms with E-state index >= 15 is 0 Å². The molecule has 2 unspecified atom stereocenters. The number of aliphatic hydroxyl groups is 1. The van der Waals surface area contributed by atoms with Crippen LogP contribution in [0.25, 0.3) is 0 Å². The van der Waals surface area contributed by atoms with Gasteiger partial charge >= 0.3 is 0 Å². The van der Waals surface area contributed by atoms with Crippen LogP contribution in [0.5, 0.6) is 0 Å². The van der Waals surface area contributed by atoms with Gasteiger partial charge in [-0.1, -0.05) is 18.6 Å². The second-order valence-corrected chi connectivity index (χ2v) is 6.38. The van der Waals surface area contributed by atoms with E-state index in [-0.39, 0.29) is 0 Å². The van der Waals surface area contributed by atoms with Crippen LogP contribution < -0.4 is 5.32 Å². The van der Waals surface area contributed by atoms with E-state index < -0.39 is 5.60 Å². The largest absolute Gasteiger partial charge is 0.385 e. The molecule has 2 N–H and O–H groups in total. The number of hydrogen-bond acceptors (Lipinski definition) is 2. The van der Waals surface area contributed by atoms with E-state index in [2.05, 4.69) is 38.2 Å². The topological polar surface area (TPSA) is 32.3 Å². The Balaban J connectivity index is 2.20. The SMILES string of the molecule is Cc1cc(C)c(C(C)(O)CC2CCCCN2)cc1C. The van der Waals surface area contributed by atoms with Gasteiger partial charge in [0.25, 0.3) is 0 Å². The Morgan fingerprint density at radius 2 is 1.84 bits per heavy atom. The quantitative estimate of drug-likeness (QED) is 0.874. The van der Waals surface area contributed by atoms with Gasteiger partial charge in [-0.05, 0) is 75.8 Å². The lowest BCUT2D eigenvalue weighted by atomic mass is 9.83. The number of aryl methyl sites for hydroxylation is 3. The molecule has 2 nitrogen and oxygen atoms in total. The Labute approximate surface area is 117 Å². The van der Waals surface area contributed by atoms with Crippen molar-refractivity contribution in [2.45, 2.75) is 65.0 Å². The summed E-state index contributed by atoms with van der Waals surface area (Å²) in [6, 6.07) is 4.80. The summed E-state index contributed by atoms with van der Waals surface area (Å²) in [6.45, 7) is 9.40. The third-order valence-electron chi connectivity index (χ3n) is 4.48. The van der Waals surface area contributed by atoms with Crippen LogP contribution in [0.4, 0.5) is 0 Å². The molecule has 1 heterocycles. The van der Waals surface area contributed by atoms with Crippen molar-refractivity contribution in [1.29, 1.82) is 0 Å². The highest BCUT2D eigenvalue weighted by Gasteiger charge is 2.29. The minimum atomic E-state index is -0.739. The molecule has 0 bridgehead atoms. The van der Waals surface area contributed by atoms with E-state index in [9.17, 15) is 5.11 Å². The summed E-state index contributed by atoms with van der Waals surface area (Å²) in [5.41, 5.74) is 4.11. The van der Waals surface area contributed by atoms with Crippen molar-refractivity contribution in [3.8, 4) is 0 Å². The van der Waals surface area contributed by atoms with Gasteiger partial charge in [-0.3, -0.25) is 0 Å². The van der Waals surface area contributed by atoms with Crippen molar-refractivity contribution in [2.75, 3.05) is 6.54 Å². The van der Waals surface area contributed by atoms with Crippen molar-refractivity contribution in [3.05, 3.63) is 34.4 Å². The lowest BCUT2D eigenvalue weighted by Crippen LogP contribution is -2.40. The second kappa shape index (κ2) is 5.64. The van der Waals surface area contributed by atoms with Gasteiger partial charge in [0.1, 0.15) is 0 Å². The molecule has 0 aromatic heterocycles. The van der Waals surface area contributed by atoms with Crippen LogP contribution in [0.2, 0.25) is 0 Å². The van der Waals surface area contributed by atoms with Crippen LogP contribution in [-0.4, -0.2) is 17.7 Å². The maximum absolute atomic E-state index is 10.9. The summed E-state index contributed by atoms with van der Waals surface area (Å²) in [7, 11) is 0. The predicted molar refractivity (Wildman–Crippen MR) is 80.5 cm³/mol. The Morgan fingerprint density at radius 1 is 1.16 bits per heavy atom. The van der Waals surface area contributed by atoms with E-state index in [0.29, 0.717) is 6.04 Å². The summed E-state index contributed by atoms with van der Waals surface area (Å²) in [5.74, 6) is 0. The van der Waals surface area contributed by atoms with Gasteiger partial charge in [-0.2, -0.15) is 0 Å². The van der Waals surface area contributed by atoms with Gasteiger partial charge < -0.3 is 10.4 Å². The smallest absolute Gasteiger partial charge is 0.0886 e. The van der Waals surface area contributed by atoms with E-state index in [4.69, 9.17) is 0 Å². The fraction of sp³-hybridized carbons (Fsp3) is 0.647. The Morgan fingerprint density at radius 3 is 2.47 bits per heavy atom. The lowest BCUT2D eigenvalue weighted by molar-refractivity contribution is 0.0326. The van der Waals surface area contributed by atoms with Gasteiger partial charge in [0.2, 0.25) is 0 Å². The molecule has 0 amide bonds. The van der Waals surface area contributed by atoms with Crippen LogP contribution in [0.15, 0.2) is 12.1 Å². The summed E-state index contributed by atoms with van der Waals surface area (Å²) in [5, 5.41) is 14.4. The highest BCUT2D eigenvalue weighted by Crippen LogP contribution is 2.32. The molecule has 106 valence electrons. The van der Waals surface area contributed by atoms with Crippen molar-refractivity contribution in [3.63, 3.8) is 0 Å². The predicted octanol–water partition coefficient (Wildman–Crippen LogP) is 3.35. The van der Waals surface area contributed by atoms with E-state index in [1.165, 1.54) is 36.0 Å². The summed E-state index contributed by atoms with van der Waals surface area (Å²) in [6.07, 6.45) is 4.53. The zero-order chi connectivity index (χ0) is 14.0. The standard InChI is InChI=1S/C17H27NO/c1-12-9-14(3)16(10-13(12)2)17(4,19)11-15-7-5-6-8-18-15/h9-10,15,18-19H,5-8,11H2,1-4H3. The highest BCUT2D eigenvalue weighted by atomic mass is 16.3. The van der Waals surface area contributed by atoms with Crippen molar-refractivity contribution >= 4 is 0 Å². The molecule has 2 rings (SSSR count). The van der Waals surface area contributed by atoms with Gasteiger partial charge in [0.05, 0.1) is 5.60 Å². The Hall–Kier alpha value is -0.860. The van der Waals surface area contributed by atoms with E-state index in [1.54, 1.807) is 0 Å². The summed E-state index contributed by atoms with van der Waals surface area (Å²) in [4.78, 5) is 0. The zero-order valence-corrected chi connectivity index (χ0v) is 12.7. The van der Waals surface area contributed by atoms with E-state index in [0.717, 1.165) is 18.5 Å². The molecular formula is C17H27NO. The fourth-order valence-electron chi connectivity index (χ4n) is 3.23. The molecule has 0 spiro atoms. The van der Waals surface area contributed by atoms with Gasteiger partial charge in [-0.25, -0.2) is 0 Å². The maximum Gasteiger partial charge on any atom is 0.0886 e. The molecule has 1 aliphatic heterocycles. The number of rotatable bonds is 3. The lowest BCUT2D eigenvalue weighted by Gasteiger charge is -2.33. The van der Waals surface area contributed by atoms with Crippen LogP contribution in [0, 0.1) is 20.8 Å². The van der Waals surface area contributed by atoms with Gasteiger partial charge in [0, 0.05) is 6.04 Å². The molecule has 2 atom stereocenters. The molecule has 0 radical (unpaired) electrons. The highest BCUT2D eigenvalue weighted by molar-refractivity contribution is 5.39. The maximum atomic E-state index is 10.9. The molecule has 2 heteroatoms. The van der Waals surface area contributed by atoms with Crippen molar-refractivity contribution in [1.82, 2.24) is 5.32 Å². The third-order valence-corrected chi connectivity index (χ3v) is 4.48. The Bertz CT molecular complexity index is 445. The minimum absolute atomic E-state index is 0.449. The van der Waals surface area contributed by atoms with Crippen LogP contribution in [-0.2, 0) is 5.60 Å². The van der Waals surface area contributed by atoms with Crippen LogP contribution >= 0.6 is 0 Å². The van der Waals surface area contributed by atoms with Crippen LogP contribution in [0.1, 0.15) is 54.9 Å². The average molecular weight is 261 g/mol. The van der Waals surface area contributed by atoms with Crippen molar-refractivity contribution < 1.29 is 5.11 Å². The molecule has 1 fully saturated rings. The normalized spacial score (nSPS) is 23.1.